The van der Waals surface area contributed by atoms with E-state index in [2.05, 4.69) is 26.0 Å². The zero-order chi connectivity index (χ0) is 12.9. The summed E-state index contributed by atoms with van der Waals surface area (Å²) >= 11 is 0. The summed E-state index contributed by atoms with van der Waals surface area (Å²) in [4.78, 5) is 0. The van der Waals surface area contributed by atoms with Gasteiger partial charge in [-0.1, -0.05) is 17.7 Å². The first-order valence-electron chi connectivity index (χ1n) is 6.60. The maximum atomic E-state index is 10.5. The van der Waals surface area contributed by atoms with Crippen LogP contribution in [0.2, 0.25) is 0 Å². The molecule has 2 heteroatoms. The Bertz CT molecular complexity index is 296. The molecule has 0 saturated heterocycles. The second-order valence-electron chi connectivity index (χ2n) is 5.67. The van der Waals surface area contributed by atoms with Gasteiger partial charge in [-0.3, -0.25) is 0 Å². The van der Waals surface area contributed by atoms with Crippen LogP contribution in [0.4, 0.5) is 0 Å². The highest BCUT2D eigenvalue weighted by Crippen LogP contribution is 2.34. The molecule has 1 rings (SSSR count). The SMILES string of the molecule is CC(C)=CCC[C@](C)(O)[C@H]1CC=C(CO)CC1. The highest BCUT2D eigenvalue weighted by Gasteiger charge is 2.31. The largest absolute Gasteiger partial charge is 0.392 e. The molecule has 0 spiro atoms. The highest BCUT2D eigenvalue weighted by atomic mass is 16.3. The molecular weight excluding hydrogens is 212 g/mol. The second kappa shape index (κ2) is 6.36. The molecule has 0 aromatic rings. The van der Waals surface area contributed by atoms with Gasteiger partial charge < -0.3 is 10.2 Å². The van der Waals surface area contributed by atoms with Crippen LogP contribution in [0.15, 0.2) is 23.3 Å². The van der Waals surface area contributed by atoms with Gasteiger partial charge in [-0.2, -0.15) is 0 Å². The number of hydrogen-bond donors (Lipinski definition) is 2. The fourth-order valence-electron chi connectivity index (χ4n) is 2.45. The van der Waals surface area contributed by atoms with Crippen LogP contribution in [0.5, 0.6) is 0 Å². The van der Waals surface area contributed by atoms with Gasteiger partial charge >= 0.3 is 0 Å². The molecule has 0 radical (unpaired) electrons. The smallest absolute Gasteiger partial charge is 0.0653 e. The van der Waals surface area contributed by atoms with Crippen molar-refractivity contribution >= 4 is 0 Å². The van der Waals surface area contributed by atoms with E-state index < -0.39 is 5.60 Å². The maximum absolute atomic E-state index is 10.5. The lowest BCUT2D eigenvalue weighted by atomic mass is 9.76. The van der Waals surface area contributed by atoms with Crippen molar-refractivity contribution in [1.82, 2.24) is 0 Å². The van der Waals surface area contributed by atoms with Crippen LogP contribution < -0.4 is 0 Å². The maximum Gasteiger partial charge on any atom is 0.0653 e. The molecule has 0 saturated carbocycles. The Morgan fingerprint density at radius 3 is 2.71 bits per heavy atom. The van der Waals surface area contributed by atoms with Crippen LogP contribution in [0, 0.1) is 5.92 Å². The van der Waals surface area contributed by atoms with E-state index in [0.29, 0.717) is 5.92 Å². The minimum atomic E-state index is -0.580. The normalized spacial score (nSPS) is 23.8. The van der Waals surface area contributed by atoms with Crippen molar-refractivity contribution in [2.75, 3.05) is 6.61 Å². The third kappa shape index (κ3) is 4.64. The Hall–Kier alpha value is -0.600. The monoisotopic (exact) mass is 238 g/mol. The van der Waals surface area contributed by atoms with Gasteiger partial charge in [-0.15, -0.1) is 0 Å². The molecule has 0 aliphatic heterocycles. The van der Waals surface area contributed by atoms with E-state index in [0.717, 1.165) is 37.7 Å². The minimum absolute atomic E-state index is 0.173. The van der Waals surface area contributed by atoms with E-state index in [4.69, 9.17) is 5.11 Å². The van der Waals surface area contributed by atoms with Crippen LogP contribution in [-0.4, -0.2) is 22.4 Å². The Morgan fingerprint density at radius 2 is 2.24 bits per heavy atom. The lowest BCUT2D eigenvalue weighted by molar-refractivity contribution is -0.0126. The molecule has 0 unspecified atom stereocenters. The van der Waals surface area contributed by atoms with E-state index in [-0.39, 0.29) is 6.61 Å². The Balaban J connectivity index is 2.48. The standard InChI is InChI=1S/C15H26O2/c1-12(2)5-4-10-15(3,17)14-8-6-13(11-16)7-9-14/h5-6,14,16-17H,4,7-11H2,1-3H3/t14-,15-/m0/s1. The Labute approximate surface area is 105 Å². The van der Waals surface area contributed by atoms with Gasteiger partial charge in [-0.25, -0.2) is 0 Å². The van der Waals surface area contributed by atoms with Crippen molar-refractivity contribution in [2.24, 2.45) is 5.92 Å². The van der Waals surface area contributed by atoms with Crippen LogP contribution >= 0.6 is 0 Å². The molecule has 0 aromatic heterocycles. The van der Waals surface area contributed by atoms with Crippen molar-refractivity contribution < 1.29 is 10.2 Å². The summed E-state index contributed by atoms with van der Waals surface area (Å²) in [5.41, 5.74) is 1.86. The van der Waals surface area contributed by atoms with E-state index >= 15 is 0 Å². The number of rotatable bonds is 5. The first kappa shape index (κ1) is 14.5. The summed E-state index contributed by atoms with van der Waals surface area (Å²) in [6.07, 6.45) is 8.88. The average molecular weight is 238 g/mol. The molecule has 2 N–H and O–H groups in total. The van der Waals surface area contributed by atoms with Crippen molar-refractivity contribution in [3.05, 3.63) is 23.3 Å². The molecule has 98 valence electrons. The number of allylic oxidation sites excluding steroid dienone is 3. The number of aliphatic hydroxyl groups is 2. The number of aliphatic hydroxyl groups excluding tert-OH is 1. The van der Waals surface area contributed by atoms with Crippen LogP contribution in [0.1, 0.15) is 52.9 Å². The predicted octanol–water partition coefficient (Wildman–Crippen LogP) is 3.20. The number of hydrogen-bond acceptors (Lipinski definition) is 2. The molecule has 2 nitrogen and oxygen atoms in total. The molecule has 2 atom stereocenters. The Morgan fingerprint density at radius 1 is 1.53 bits per heavy atom. The molecule has 0 bridgehead atoms. The topological polar surface area (TPSA) is 40.5 Å². The second-order valence-corrected chi connectivity index (χ2v) is 5.67. The lowest BCUT2D eigenvalue weighted by Gasteiger charge is -2.35. The molecule has 0 aromatic carbocycles. The predicted molar refractivity (Wildman–Crippen MR) is 71.8 cm³/mol. The Kier molecular flexibility index (Phi) is 5.41. The van der Waals surface area contributed by atoms with E-state index in [1.54, 1.807) is 0 Å². The summed E-state index contributed by atoms with van der Waals surface area (Å²) in [7, 11) is 0. The van der Waals surface area contributed by atoms with Crippen LogP contribution in [0.3, 0.4) is 0 Å². The van der Waals surface area contributed by atoms with Gasteiger partial charge in [0.1, 0.15) is 0 Å². The molecule has 0 heterocycles. The fourth-order valence-corrected chi connectivity index (χ4v) is 2.45. The lowest BCUT2D eigenvalue weighted by Crippen LogP contribution is -2.35. The van der Waals surface area contributed by atoms with Crippen LogP contribution in [-0.2, 0) is 0 Å². The molecular formula is C15H26O2. The van der Waals surface area contributed by atoms with E-state index in [1.807, 2.05) is 6.92 Å². The molecule has 0 amide bonds. The van der Waals surface area contributed by atoms with Gasteiger partial charge in [0.25, 0.3) is 0 Å². The van der Waals surface area contributed by atoms with Crippen molar-refractivity contribution in [3.8, 4) is 0 Å². The van der Waals surface area contributed by atoms with Crippen molar-refractivity contribution in [2.45, 2.75) is 58.5 Å². The molecule has 1 aliphatic carbocycles. The summed E-state index contributed by atoms with van der Waals surface area (Å²) in [5.74, 6) is 0.336. The summed E-state index contributed by atoms with van der Waals surface area (Å²) < 4.78 is 0. The zero-order valence-corrected chi connectivity index (χ0v) is 11.4. The first-order valence-corrected chi connectivity index (χ1v) is 6.60. The van der Waals surface area contributed by atoms with Gasteiger partial charge in [0.2, 0.25) is 0 Å². The van der Waals surface area contributed by atoms with Gasteiger partial charge in [0.05, 0.1) is 12.2 Å². The third-order valence-corrected chi connectivity index (χ3v) is 3.79. The van der Waals surface area contributed by atoms with E-state index in [9.17, 15) is 5.11 Å². The fraction of sp³-hybridized carbons (Fsp3) is 0.733. The van der Waals surface area contributed by atoms with Gasteiger partial charge in [0, 0.05) is 0 Å². The van der Waals surface area contributed by atoms with Crippen molar-refractivity contribution in [3.63, 3.8) is 0 Å². The molecule has 1 aliphatic rings. The minimum Gasteiger partial charge on any atom is -0.392 e. The van der Waals surface area contributed by atoms with Crippen LogP contribution in [0.25, 0.3) is 0 Å². The van der Waals surface area contributed by atoms with Gasteiger partial charge in [-0.05, 0) is 64.4 Å². The van der Waals surface area contributed by atoms with Crippen molar-refractivity contribution in [1.29, 1.82) is 0 Å². The highest BCUT2D eigenvalue weighted by molar-refractivity contribution is 5.08. The summed E-state index contributed by atoms with van der Waals surface area (Å²) in [5, 5.41) is 19.5. The summed E-state index contributed by atoms with van der Waals surface area (Å²) in [6, 6.07) is 0. The quantitative estimate of drug-likeness (QED) is 0.722. The molecule has 0 fully saturated rings. The van der Waals surface area contributed by atoms with Gasteiger partial charge in [0.15, 0.2) is 0 Å². The average Bonchev–Trinajstić information content (AvgIpc) is 2.28. The zero-order valence-electron chi connectivity index (χ0n) is 11.4. The molecule has 17 heavy (non-hydrogen) atoms. The third-order valence-electron chi connectivity index (χ3n) is 3.79. The summed E-state index contributed by atoms with van der Waals surface area (Å²) in [6.45, 7) is 6.30. The van der Waals surface area contributed by atoms with E-state index in [1.165, 1.54) is 5.57 Å². The first-order chi connectivity index (χ1) is 7.95.